The molecular formula is C22H26ClN3O3. The van der Waals surface area contributed by atoms with Crippen LogP contribution in [-0.4, -0.2) is 31.5 Å². The van der Waals surface area contributed by atoms with Gasteiger partial charge in [0.15, 0.2) is 0 Å². The lowest BCUT2D eigenvalue weighted by Gasteiger charge is -2.21. The second-order valence-electron chi connectivity index (χ2n) is 7.31. The zero-order valence-corrected chi connectivity index (χ0v) is 17.9. The van der Waals surface area contributed by atoms with Crippen LogP contribution in [0.25, 0.3) is 0 Å². The minimum Gasteiger partial charge on any atom is -0.495 e. The Morgan fingerprint density at radius 3 is 2.59 bits per heavy atom. The lowest BCUT2D eigenvalue weighted by Crippen LogP contribution is -2.32. The number of carbonyl (C=O) groups excluding carboxylic acids is 2. The van der Waals surface area contributed by atoms with Crippen LogP contribution < -0.4 is 20.3 Å². The smallest absolute Gasteiger partial charge is 0.246 e. The maximum atomic E-state index is 12.7. The molecule has 0 aromatic heterocycles. The molecule has 1 heterocycles. The molecule has 1 atom stereocenters. The summed E-state index contributed by atoms with van der Waals surface area (Å²) in [4.78, 5) is 26.5. The van der Waals surface area contributed by atoms with Crippen LogP contribution in [0.15, 0.2) is 30.3 Å². The molecular weight excluding hydrogens is 390 g/mol. The number of amides is 2. The number of methoxy groups -OCH3 is 1. The molecule has 7 heteroatoms. The molecule has 29 heavy (non-hydrogen) atoms. The van der Waals surface area contributed by atoms with E-state index in [1.54, 1.807) is 19.1 Å². The van der Waals surface area contributed by atoms with Gasteiger partial charge in [-0.1, -0.05) is 11.6 Å². The zero-order chi connectivity index (χ0) is 21.1. The van der Waals surface area contributed by atoms with E-state index < -0.39 is 6.04 Å². The Morgan fingerprint density at radius 1 is 1.21 bits per heavy atom. The molecule has 2 N–H and O–H groups in total. The van der Waals surface area contributed by atoms with E-state index in [4.69, 9.17) is 16.3 Å². The highest BCUT2D eigenvalue weighted by molar-refractivity contribution is 6.31. The summed E-state index contributed by atoms with van der Waals surface area (Å²) >= 11 is 6.13. The number of rotatable bonds is 6. The molecule has 0 unspecified atom stereocenters. The van der Waals surface area contributed by atoms with E-state index in [0.717, 1.165) is 35.5 Å². The molecule has 0 spiro atoms. The van der Waals surface area contributed by atoms with Crippen LogP contribution in [0.2, 0.25) is 5.02 Å². The molecule has 0 saturated carbocycles. The van der Waals surface area contributed by atoms with E-state index in [1.807, 2.05) is 36.9 Å². The molecule has 2 aromatic carbocycles. The number of halogens is 1. The molecule has 2 amide bonds. The minimum atomic E-state index is -0.477. The van der Waals surface area contributed by atoms with Gasteiger partial charge in [0.05, 0.1) is 12.8 Å². The molecule has 0 bridgehead atoms. The Labute approximate surface area is 176 Å². The summed E-state index contributed by atoms with van der Waals surface area (Å²) in [6, 6.07) is 8.78. The third kappa shape index (κ3) is 4.65. The minimum absolute atomic E-state index is 0.161. The maximum absolute atomic E-state index is 12.7. The van der Waals surface area contributed by atoms with Crippen LogP contribution in [0, 0.1) is 13.8 Å². The summed E-state index contributed by atoms with van der Waals surface area (Å²) in [6.07, 6.45) is 1.49. The van der Waals surface area contributed by atoms with Crippen molar-refractivity contribution in [3.63, 3.8) is 0 Å². The molecule has 0 aliphatic carbocycles. The fourth-order valence-electron chi connectivity index (χ4n) is 3.44. The fourth-order valence-corrected chi connectivity index (χ4v) is 3.59. The Hall–Kier alpha value is -2.73. The molecule has 1 saturated heterocycles. The highest BCUT2D eigenvalue weighted by Gasteiger charge is 2.23. The van der Waals surface area contributed by atoms with Crippen LogP contribution in [0.5, 0.6) is 5.75 Å². The number of carbonyl (C=O) groups is 2. The van der Waals surface area contributed by atoms with Gasteiger partial charge in [-0.15, -0.1) is 0 Å². The zero-order valence-electron chi connectivity index (χ0n) is 17.1. The maximum Gasteiger partial charge on any atom is 0.246 e. The third-order valence-corrected chi connectivity index (χ3v) is 5.48. The van der Waals surface area contributed by atoms with Crippen molar-refractivity contribution in [1.29, 1.82) is 0 Å². The SMILES string of the molecule is COc1cc(Cl)c(C)cc1NC(=O)[C@H](C)Nc1ccc(N2CCCC2=O)c(C)c1. The number of hydrogen-bond donors (Lipinski definition) is 2. The van der Waals surface area contributed by atoms with Crippen molar-refractivity contribution in [1.82, 2.24) is 0 Å². The van der Waals surface area contributed by atoms with Gasteiger partial charge in [-0.3, -0.25) is 9.59 Å². The van der Waals surface area contributed by atoms with Crippen molar-refractivity contribution in [2.24, 2.45) is 0 Å². The van der Waals surface area contributed by atoms with E-state index in [-0.39, 0.29) is 11.8 Å². The number of nitrogens with one attached hydrogen (secondary N) is 2. The normalized spacial score (nSPS) is 14.7. The molecule has 154 valence electrons. The van der Waals surface area contributed by atoms with Gasteiger partial charge in [-0.2, -0.15) is 0 Å². The van der Waals surface area contributed by atoms with Gasteiger partial charge in [-0.05, 0) is 62.6 Å². The van der Waals surface area contributed by atoms with Crippen molar-refractivity contribution >= 4 is 40.5 Å². The van der Waals surface area contributed by atoms with E-state index >= 15 is 0 Å². The first-order valence-corrected chi connectivity index (χ1v) is 10.0. The largest absolute Gasteiger partial charge is 0.495 e. The van der Waals surface area contributed by atoms with Crippen LogP contribution in [0.1, 0.15) is 30.9 Å². The Kier molecular flexibility index (Phi) is 6.33. The molecule has 0 radical (unpaired) electrons. The first-order valence-electron chi connectivity index (χ1n) is 9.62. The van der Waals surface area contributed by atoms with Gasteiger partial charge in [-0.25, -0.2) is 0 Å². The third-order valence-electron chi connectivity index (χ3n) is 5.08. The number of benzene rings is 2. The topological polar surface area (TPSA) is 70.7 Å². The van der Waals surface area contributed by atoms with Crippen LogP contribution in [-0.2, 0) is 9.59 Å². The average molecular weight is 416 g/mol. The van der Waals surface area contributed by atoms with Crippen LogP contribution >= 0.6 is 11.6 Å². The number of hydrogen-bond acceptors (Lipinski definition) is 4. The van der Waals surface area contributed by atoms with Crippen molar-refractivity contribution in [3.8, 4) is 5.75 Å². The number of nitrogens with zero attached hydrogens (tertiary/aromatic N) is 1. The van der Waals surface area contributed by atoms with Gasteiger partial charge >= 0.3 is 0 Å². The molecule has 2 aromatic rings. The lowest BCUT2D eigenvalue weighted by atomic mass is 10.1. The van der Waals surface area contributed by atoms with Gasteiger partial charge in [0.25, 0.3) is 0 Å². The second-order valence-corrected chi connectivity index (χ2v) is 7.71. The summed E-state index contributed by atoms with van der Waals surface area (Å²) in [7, 11) is 1.54. The van der Waals surface area contributed by atoms with Gasteiger partial charge in [0.1, 0.15) is 11.8 Å². The van der Waals surface area contributed by atoms with Crippen LogP contribution in [0.4, 0.5) is 17.1 Å². The Bertz CT molecular complexity index is 945. The first-order chi connectivity index (χ1) is 13.8. The quantitative estimate of drug-likeness (QED) is 0.727. The van der Waals surface area contributed by atoms with Crippen molar-refractivity contribution in [2.45, 2.75) is 39.7 Å². The van der Waals surface area contributed by atoms with E-state index in [9.17, 15) is 9.59 Å². The highest BCUT2D eigenvalue weighted by atomic mass is 35.5. The van der Waals surface area contributed by atoms with Gasteiger partial charge < -0.3 is 20.3 Å². The monoisotopic (exact) mass is 415 g/mol. The molecule has 3 rings (SSSR count). The predicted molar refractivity (Wildman–Crippen MR) is 117 cm³/mol. The molecule has 1 fully saturated rings. The predicted octanol–water partition coefficient (Wildman–Crippen LogP) is 4.53. The Morgan fingerprint density at radius 2 is 1.97 bits per heavy atom. The second kappa shape index (κ2) is 8.74. The molecule has 6 nitrogen and oxygen atoms in total. The average Bonchev–Trinajstić information content (AvgIpc) is 3.10. The van der Waals surface area contributed by atoms with E-state index in [1.165, 1.54) is 7.11 Å². The van der Waals surface area contributed by atoms with Gasteiger partial charge in [0.2, 0.25) is 11.8 Å². The summed E-state index contributed by atoms with van der Waals surface area (Å²) in [6.45, 7) is 6.39. The molecule has 1 aliphatic heterocycles. The van der Waals surface area contributed by atoms with Gasteiger partial charge in [0, 0.05) is 35.4 Å². The van der Waals surface area contributed by atoms with Crippen LogP contribution in [0.3, 0.4) is 0 Å². The lowest BCUT2D eigenvalue weighted by molar-refractivity contribution is -0.117. The highest BCUT2D eigenvalue weighted by Crippen LogP contribution is 2.31. The first kappa shape index (κ1) is 21.0. The fraction of sp³-hybridized carbons (Fsp3) is 0.364. The van der Waals surface area contributed by atoms with Crippen molar-refractivity contribution in [2.75, 3.05) is 29.2 Å². The summed E-state index contributed by atoms with van der Waals surface area (Å²) < 4.78 is 5.31. The van der Waals surface area contributed by atoms with Crippen molar-refractivity contribution in [3.05, 3.63) is 46.5 Å². The Balaban J connectivity index is 1.69. The molecule has 1 aliphatic rings. The standard InChI is InChI=1S/C22H26ClN3O3/c1-13-11-18(20(29-4)12-17(13)23)25-22(28)15(3)24-16-7-8-19(14(2)10-16)26-9-5-6-21(26)27/h7-8,10-12,15,24H,5-6,9H2,1-4H3,(H,25,28)/t15-/m0/s1. The summed E-state index contributed by atoms with van der Waals surface area (Å²) in [5.41, 5.74) is 4.17. The van der Waals surface area contributed by atoms with E-state index in [0.29, 0.717) is 22.9 Å². The number of ether oxygens (including phenoxy) is 1. The van der Waals surface area contributed by atoms with E-state index in [2.05, 4.69) is 10.6 Å². The number of aryl methyl sites for hydroxylation is 2. The van der Waals surface area contributed by atoms with Crippen molar-refractivity contribution < 1.29 is 14.3 Å². The number of anilines is 3. The summed E-state index contributed by atoms with van der Waals surface area (Å²) in [5.74, 6) is 0.479. The summed E-state index contributed by atoms with van der Waals surface area (Å²) in [5, 5.41) is 6.68.